The Morgan fingerprint density at radius 1 is 1.43 bits per heavy atom. The van der Waals surface area contributed by atoms with Crippen molar-refractivity contribution < 1.29 is 19.4 Å². The lowest BCUT2D eigenvalue weighted by atomic mass is 10.2. The maximum Gasteiger partial charge on any atom is 0.305 e. The van der Waals surface area contributed by atoms with Crippen LogP contribution in [0.3, 0.4) is 0 Å². The highest BCUT2D eigenvalue weighted by atomic mass is 16.5. The van der Waals surface area contributed by atoms with Crippen molar-refractivity contribution in [1.29, 1.82) is 0 Å². The summed E-state index contributed by atoms with van der Waals surface area (Å²) < 4.78 is 9.86. The normalized spacial score (nSPS) is 12.5. The summed E-state index contributed by atoms with van der Waals surface area (Å²) in [5.41, 5.74) is 0. The summed E-state index contributed by atoms with van der Waals surface area (Å²) in [5.74, 6) is -0.248. The van der Waals surface area contributed by atoms with Gasteiger partial charge in [-0.15, -0.1) is 0 Å². The molecular formula is C10H20O4. The molecule has 4 heteroatoms. The van der Waals surface area contributed by atoms with Crippen LogP contribution < -0.4 is 0 Å². The van der Waals surface area contributed by atoms with E-state index in [2.05, 4.69) is 0 Å². The van der Waals surface area contributed by atoms with Gasteiger partial charge in [0.15, 0.2) is 0 Å². The van der Waals surface area contributed by atoms with Gasteiger partial charge in [-0.05, 0) is 19.8 Å². The third-order valence-corrected chi connectivity index (χ3v) is 1.66. The fraction of sp³-hybridized carbons (Fsp3) is 0.900. The zero-order valence-corrected chi connectivity index (χ0v) is 8.99. The molecule has 0 aliphatic carbocycles. The van der Waals surface area contributed by atoms with E-state index in [-0.39, 0.29) is 19.0 Å². The van der Waals surface area contributed by atoms with E-state index in [9.17, 15) is 9.90 Å². The van der Waals surface area contributed by atoms with Crippen LogP contribution >= 0.6 is 0 Å². The third kappa shape index (κ3) is 8.01. The minimum atomic E-state index is -0.566. The van der Waals surface area contributed by atoms with E-state index in [4.69, 9.17) is 9.47 Å². The van der Waals surface area contributed by atoms with Crippen molar-refractivity contribution >= 4 is 5.97 Å². The largest absolute Gasteiger partial charge is 0.466 e. The molecule has 0 radical (unpaired) electrons. The molecule has 0 aromatic heterocycles. The Morgan fingerprint density at radius 3 is 2.71 bits per heavy atom. The van der Waals surface area contributed by atoms with E-state index in [1.165, 1.54) is 0 Å². The van der Waals surface area contributed by atoms with Crippen molar-refractivity contribution in [2.24, 2.45) is 0 Å². The van der Waals surface area contributed by atoms with Crippen LogP contribution in [0.5, 0.6) is 0 Å². The second kappa shape index (κ2) is 8.97. The lowest BCUT2D eigenvalue weighted by molar-refractivity contribution is -0.144. The van der Waals surface area contributed by atoms with Crippen LogP contribution in [-0.4, -0.2) is 37.0 Å². The quantitative estimate of drug-likeness (QED) is 0.602. The van der Waals surface area contributed by atoms with Gasteiger partial charge < -0.3 is 14.6 Å². The zero-order valence-electron chi connectivity index (χ0n) is 8.99. The average molecular weight is 204 g/mol. The summed E-state index contributed by atoms with van der Waals surface area (Å²) in [4.78, 5) is 11.0. The van der Waals surface area contributed by atoms with Crippen LogP contribution in [0.4, 0.5) is 0 Å². The molecule has 4 nitrogen and oxygen atoms in total. The molecule has 1 unspecified atom stereocenters. The molecule has 0 aliphatic rings. The summed E-state index contributed by atoms with van der Waals surface area (Å²) in [6.45, 7) is 5.13. The second-order valence-electron chi connectivity index (χ2n) is 3.07. The lowest BCUT2D eigenvalue weighted by Gasteiger charge is -2.09. The van der Waals surface area contributed by atoms with E-state index in [0.717, 1.165) is 6.42 Å². The van der Waals surface area contributed by atoms with Crippen LogP contribution in [-0.2, 0) is 14.3 Å². The molecule has 0 aliphatic heterocycles. The van der Waals surface area contributed by atoms with Gasteiger partial charge in [0.25, 0.3) is 0 Å². The monoisotopic (exact) mass is 204 g/mol. The van der Waals surface area contributed by atoms with Gasteiger partial charge in [0, 0.05) is 13.0 Å². The number of aliphatic hydroxyl groups is 1. The highest BCUT2D eigenvalue weighted by Crippen LogP contribution is 2.00. The first-order valence-corrected chi connectivity index (χ1v) is 5.12. The van der Waals surface area contributed by atoms with Gasteiger partial charge in [-0.2, -0.15) is 0 Å². The van der Waals surface area contributed by atoms with Crippen molar-refractivity contribution in [2.45, 2.75) is 39.2 Å². The van der Waals surface area contributed by atoms with E-state index < -0.39 is 6.10 Å². The van der Waals surface area contributed by atoms with Gasteiger partial charge in [-0.3, -0.25) is 4.79 Å². The van der Waals surface area contributed by atoms with Crippen molar-refractivity contribution in [3.05, 3.63) is 0 Å². The van der Waals surface area contributed by atoms with Gasteiger partial charge in [0.2, 0.25) is 0 Å². The molecule has 0 aromatic rings. The van der Waals surface area contributed by atoms with Crippen LogP contribution in [0, 0.1) is 0 Å². The van der Waals surface area contributed by atoms with Crippen molar-refractivity contribution in [3.63, 3.8) is 0 Å². The fourth-order valence-corrected chi connectivity index (χ4v) is 0.910. The Kier molecular flexibility index (Phi) is 8.57. The van der Waals surface area contributed by atoms with Gasteiger partial charge in [-0.1, -0.05) is 6.92 Å². The molecule has 1 atom stereocenters. The van der Waals surface area contributed by atoms with E-state index in [1.807, 2.05) is 13.8 Å². The van der Waals surface area contributed by atoms with Crippen LogP contribution in [0.15, 0.2) is 0 Å². The maximum absolute atomic E-state index is 11.0. The molecule has 0 saturated carbocycles. The number of carbonyl (C=O) groups is 1. The first-order valence-electron chi connectivity index (χ1n) is 5.12. The molecular weight excluding hydrogens is 184 g/mol. The predicted octanol–water partition coefficient (Wildman–Crippen LogP) is 1.12. The molecule has 0 heterocycles. The average Bonchev–Trinajstić information content (AvgIpc) is 2.20. The molecule has 0 bridgehead atoms. The number of hydrogen-bond donors (Lipinski definition) is 1. The number of rotatable bonds is 8. The van der Waals surface area contributed by atoms with Crippen molar-refractivity contribution in [3.8, 4) is 0 Å². The number of ether oxygens (including phenoxy) is 2. The standard InChI is InChI=1S/C10H20O4/c1-3-7-14-10(12)6-5-9(11)8-13-4-2/h9,11H,3-8H2,1-2H3. The van der Waals surface area contributed by atoms with E-state index >= 15 is 0 Å². The van der Waals surface area contributed by atoms with E-state index in [0.29, 0.717) is 19.6 Å². The third-order valence-electron chi connectivity index (χ3n) is 1.66. The Morgan fingerprint density at radius 2 is 2.14 bits per heavy atom. The molecule has 0 spiro atoms. The molecule has 0 fully saturated rings. The topological polar surface area (TPSA) is 55.8 Å². The summed E-state index contributed by atoms with van der Waals surface area (Å²) >= 11 is 0. The minimum absolute atomic E-state index is 0.248. The molecule has 0 amide bonds. The van der Waals surface area contributed by atoms with Crippen LogP contribution in [0.2, 0.25) is 0 Å². The van der Waals surface area contributed by atoms with Gasteiger partial charge in [-0.25, -0.2) is 0 Å². The Balaban J connectivity index is 3.36. The molecule has 0 rings (SSSR count). The second-order valence-corrected chi connectivity index (χ2v) is 3.07. The summed E-state index contributed by atoms with van der Waals surface area (Å²) in [5, 5.41) is 9.32. The van der Waals surface area contributed by atoms with Gasteiger partial charge in [0.1, 0.15) is 0 Å². The highest BCUT2D eigenvalue weighted by molar-refractivity contribution is 5.69. The highest BCUT2D eigenvalue weighted by Gasteiger charge is 2.08. The first-order chi connectivity index (χ1) is 6.70. The fourth-order valence-electron chi connectivity index (χ4n) is 0.910. The molecule has 0 aromatic carbocycles. The van der Waals surface area contributed by atoms with Gasteiger partial charge in [0.05, 0.1) is 19.3 Å². The number of carbonyl (C=O) groups excluding carboxylic acids is 1. The Hall–Kier alpha value is -0.610. The van der Waals surface area contributed by atoms with Crippen LogP contribution in [0.1, 0.15) is 33.1 Å². The SMILES string of the molecule is CCCOC(=O)CCC(O)COCC. The number of hydrogen-bond acceptors (Lipinski definition) is 4. The first kappa shape index (κ1) is 13.4. The summed E-state index contributed by atoms with van der Waals surface area (Å²) in [6, 6.07) is 0. The summed E-state index contributed by atoms with van der Waals surface area (Å²) in [7, 11) is 0. The molecule has 0 saturated heterocycles. The summed E-state index contributed by atoms with van der Waals surface area (Å²) in [6.07, 6.45) is 0.924. The van der Waals surface area contributed by atoms with E-state index in [1.54, 1.807) is 0 Å². The zero-order chi connectivity index (χ0) is 10.8. The van der Waals surface area contributed by atoms with Gasteiger partial charge >= 0.3 is 5.97 Å². The molecule has 1 N–H and O–H groups in total. The van der Waals surface area contributed by atoms with Crippen molar-refractivity contribution in [1.82, 2.24) is 0 Å². The molecule has 14 heavy (non-hydrogen) atoms. The maximum atomic E-state index is 11.0. The van der Waals surface area contributed by atoms with Crippen LogP contribution in [0.25, 0.3) is 0 Å². The minimum Gasteiger partial charge on any atom is -0.466 e. The number of esters is 1. The Labute approximate surface area is 85.2 Å². The van der Waals surface area contributed by atoms with Crippen molar-refractivity contribution in [2.75, 3.05) is 19.8 Å². The predicted molar refractivity (Wildman–Crippen MR) is 53.0 cm³/mol. The number of aliphatic hydroxyl groups excluding tert-OH is 1. The smallest absolute Gasteiger partial charge is 0.305 e. The molecule has 84 valence electrons. The lowest BCUT2D eigenvalue weighted by Crippen LogP contribution is -2.17. The Bertz CT molecular complexity index is 147.